The topological polar surface area (TPSA) is 101 Å². The first kappa shape index (κ1) is 15.2. The molecule has 1 N–H and O–H groups in total. The van der Waals surface area contributed by atoms with Gasteiger partial charge in [-0.3, -0.25) is 14.4 Å². The van der Waals surface area contributed by atoms with Crippen LogP contribution in [0.25, 0.3) is 5.76 Å². The van der Waals surface area contributed by atoms with Crippen LogP contribution in [0.4, 0.5) is 5.69 Å². The van der Waals surface area contributed by atoms with Crippen molar-refractivity contribution in [3.63, 3.8) is 0 Å². The summed E-state index contributed by atoms with van der Waals surface area (Å²) in [5, 5.41) is 9.77. The van der Waals surface area contributed by atoms with Gasteiger partial charge in [-0.1, -0.05) is 0 Å². The SMILES string of the molecule is COC(=O)C(=O)/C=C(\O)c1ccc(N2C(=O)C=CC2=O)cc1. The molecule has 0 aliphatic carbocycles. The number of anilines is 1. The highest BCUT2D eigenvalue weighted by Gasteiger charge is 2.25. The Balaban J connectivity index is 2.20. The van der Waals surface area contributed by atoms with Gasteiger partial charge in [0.2, 0.25) is 0 Å². The third kappa shape index (κ3) is 2.93. The molecule has 0 saturated heterocycles. The van der Waals surface area contributed by atoms with Crippen LogP contribution in [0.5, 0.6) is 0 Å². The second-order valence-corrected chi connectivity index (χ2v) is 4.28. The number of ketones is 1. The third-order valence-corrected chi connectivity index (χ3v) is 2.88. The zero-order valence-electron chi connectivity index (χ0n) is 11.5. The number of esters is 1. The van der Waals surface area contributed by atoms with Crippen molar-refractivity contribution in [2.24, 2.45) is 0 Å². The van der Waals surface area contributed by atoms with Crippen molar-refractivity contribution in [3.8, 4) is 0 Å². The highest BCUT2D eigenvalue weighted by Crippen LogP contribution is 2.21. The Morgan fingerprint density at radius 1 is 1.09 bits per heavy atom. The zero-order valence-corrected chi connectivity index (χ0v) is 11.5. The molecular weight excluding hydrogens is 290 g/mol. The van der Waals surface area contributed by atoms with E-state index in [-0.39, 0.29) is 5.56 Å². The van der Waals surface area contributed by atoms with E-state index in [9.17, 15) is 24.3 Å². The van der Waals surface area contributed by atoms with E-state index < -0.39 is 29.3 Å². The Kier molecular flexibility index (Phi) is 4.17. The molecule has 112 valence electrons. The summed E-state index contributed by atoms with van der Waals surface area (Å²) in [4.78, 5) is 46.3. The molecule has 0 aromatic heterocycles. The van der Waals surface area contributed by atoms with Gasteiger partial charge in [-0.2, -0.15) is 0 Å². The Hall–Kier alpha value is -3.22. The fraction of sp³-hybridized carbons (Fsp3) is 0.0667. The number of imide groups is 1. The summed E-state index contributed by atoms with van der Waals surface area (Å²) in [5.41, 5.74) is 0.573. The van der Waals surface area contributed by atoms with Crippen LogP contribution in [0.1, 0.15) is 5.56 Å². The first-order chi connectivity index (χ1) is 10.4. The molecule has 7 nitrogen and oxygen atoms in total. The number of nitrogens with zero attached hydrogens (tertiary/aromatic N) is 1. The molecule has 1 aliphatic heterocycles. The maximum atomic E-state index is 11.5. The van der Waals surface area contributed by atoms with Gasteiger partial charge in [-0.05, 0) is 24.3 Å². The average molecular weight is 301 g/mol. The van der Waals surface area contributed by atoms with Crippen molar-refractivity contribution in [1.82, 2.24) is 0 Å². The Morgan fingerprint density at radius 3 is 2.14 bits per heavy atom. The molecule has 0 spiro atoms. The lowest BCUT2D eigenvalue weighted by molar-refractivity contribution is -0.149. The van der Waals surface area contributed by atoms with Gasteiger partial charge in [0, 0.05) is 23.8 Å². The standard InChI is InChI=1S/C15H11NO6/c1-22-15(21)12(18)8-11(17)9-2-4-10(5-3-9)16-13(19)6-7-14(16)20/h2-8,17H,1H3/b11-8-. The van der Waals surface area contributed by atoms with Crippen LogP contribution in [0, 0.1) is 0 Å². The van der Waals surface area contributed by atoms with Crippen molar-refractivity contribution in [2.75, 3.05) is 12.0 Å². The molecule has 0 saturated carbocycles. The number of hydrogen-bond donors (Lipinski definition) is 1. The molecule has 2 rings (SSSR count). The van der Waals surface area contributed by atoms with Crippen molar-refractivity contribution in [1.29, 1.82) is 0 Å². The van der Waals surface area contributed by atoms with Crippen LogP contribution in [-0.2, 0) is 23.9 Å². The first-order valence-corrected chi connectivity index (χ1v) is 6.13. The highest BCUT2D eigenvalue weighted by molar-refractivity contribution is 6.39. The van der Waals surface area contributed by atoms with Gasteiger partial charge in [0.05, 0.1) is 12.8 Å². The average Bonchev–Trinajstić information content (AvgIpc) is 2.85. The van der Waals surface area contributed by atoms with Crippen LogP contribution >= 0.6 is 0 Å². The van der Waals surface area contributed by atoms with Gasteiger partial charge < -0.3 is 9.84 Å². The number of benzene rings is 1. The molecule has 0 bridgehead atoms. The summed E-state index contributed by atoms with van der Waals surface area (Å²) in [6.45, 7) is 0. The molecule has 2 amide bonds. The largest absolute Gasteiger partial charge is 0.507 e. The van der Waals surface area contributed by atoms with E-state index >= 15 is 0 Å². The molecular formula is C15H11NO6. The van der Waals surface area contributed by atoms with Crippen molar-refractivity contribution in [2.45, 2.75) is 0 Å². The number of amides is 2. The minimum Gasteiger partial charge on any atom is -0.507 e. The van der Waals surface area contributed by atoms with Gasteiger partial charge in [-0.25, -0.2) is 9.69 Å². The van der Waals surface area contributed by atoms with Crippen molar-refractivity contribution >= 4 is 35.0 Å². The fourth-order valence-electron chi connectivity index (χ4n) is 1.80. The molecule has 0 radical (unpaired) electrons. The predicted molar refractivity (Wildman–Crippen MR) is 75.7 cm³/mol. The summed E-state index contributed by atoms with van der Waals surface area (Å²) in [6.07, 6.45) is 3.04. The number of hydrogen-bond acceptors (Lipinski definition) is 6. The second-order valence-electron chi connectivity index (χ2n) is 4.28. The van der Waals surface area contributed by atoms with Crippen LogP contribution in [-0.4, -0.2) is 35.8 Å². The molecule has 22 heavy (non-hydrogen) atoms. The zero-order chi connectivity index (χ0) is 16.3. The normalized spacial score (nSPS) is 14.4. The Morgan fingerprint density at radius 2 is 1.64 bits per heavy atom. The summed E-state index contributed by atoms with van der Waals surface area (Å²) in [6, 6.07) is 5.69. The number of ether oxygens (including phenoxy) is 1. The third-order valence-electron chi connectivity index (χ3n) is 2.88. The molecule has 1 heterocycles. The molecule has 0 unspecified atom stereocenters. The lowest BCUT2D eigenvalue weighted by Crippen LogP contribution is -2.29. The van der Waals surface area contributed by atoms with Gasteiger partial charge in [0.25, 0.3) is 17.6 Å². The molecule has 1 aromatic rings. The number of methoxy groups -OCH3 is 1. The monoisotopic (exact) mass is 301 g/mol. The second kappa shape index (κ2) is 6.04. The number of carbonyl (C=O) groups excluding carboxylic acids is 4. The summed E-state index contributed by atoms with van der Waals surface area (Å²) >= 11 is 0. The van der Waals surface area contributed by atoms with Crippen LogP contribution in [0.15, 0.2) is 42.5 Å². The van der Waals surface area contributed by atoms with Crippen LogP contribution < -0.4 is 4.90 Å². The molecule has 0 fully saturated rings. The molecule has 7 heteroatoms. The number of aliphatic hydroxyl groups excluding tert-OH is 1. The Bertz CT molecular complexity index is 696. The van der Waals surface area contributed by atoms with Crippen LogP contribution in [0.2, 0.25) is 0 Å². The molecule has 1 aromatic carbocycles. The van der Waals surface area contributed by atoms with Crippen molar-refractivity contribution in [3.05, 3.63) is 48.1 Å². The van der Waals surface area contributed by atoms with E-state index in [4.69, 9.17) is 0 Å². The van der Waals surface area contributed by atoms with Crippen LogP contribution in [0.3, 0.4) is 0 Å². The maximum absolute atomic E-state index is 11.5. The number of aliphatic hydroxyl groups is 1. The molecule has 0 atom stereocenters. The number of rotatable bonds is 4. The molecule has 1 aliphatic rings. The summed E-state index contributed by atoms with van der Waals surface area (Å²) in [7, 11) is 1.05. The number of carbonyl (C=O) groups is 4. The van der Waals surface area contributed by atoms with E-state index in [2.05, 4.69) is 4.74 Å². The van der Waals surface area contributed by atoms with E-state index in [1.54, 1.807) is 0 Å². The fourth-order valence-corrected chi connectivity index (χ4v) is 1.80. The lowest BCUT2D eigenvalue weighted by Gasteiger charge is -2.13. The minimum absolute atomic E-state index is 0.244. The summed E-state index contributed by atoms with van der Waals surface area (Å²) in [5.74, 6) is -3.45. The highest BCUT2D eigenvalue weighted by atomic mass is 16.5. The summed E-state index contributed by atoms with van der Waals surface area (Å²) < 4.78 is 4.23. The van der Waals surface area contributed by atoms with E-state index in [1.807, 2.05) is 0 Å². The minimum atomic E-state index is -1.09. The Labute approximate surface area is 125 Å². The van der Waals surface area contributed by atoms with Gasteiger partial charge in [-0.15, -0.1) is 0 Å². The predicted octanol–water partition coefficient (Wildman–Crippen LogP) is 0.757. The lowest BCUT2D eigenvalue weighted by atomic mass is 10.1. The van der Waals surface area contributed by atoms with Gasteiger partial charge in [0.1, 0.15) is 5.76 Å². The van der Waals surface area contributed by atoms with Gasteiger partial charge >= 0.3 is 5.97 Å². The maximum Gasteiger partial charge on any atom is 0.378 e. The van der Waals surface area contributed by atoms with E-state index in [0.29, 0.717) is 5.69 Å². The smallest absolute Gasteiger partial charge is 0.378 e. The van der Waals surface area contributed by atoms with E-state index in [1.165, 1.54) is 24.3 Å². The van der Waals surface area contributed by atoms with Gasteiger partial charge in [0.15, 0.2) is 0 Å². The quantitative estimate of drug-likeness (QED) is 0.290. The first-order valence-electron chi connectivity index (χ1n) is 6.13. The van der Waals surface area contributed by atoms with E-state index in [0.717, 1.165) is 30.2 Å². The van der Waals surface area contributed by atoms with Crippen molar-refractivity contribution < 1.29 is 29.0 Å².